The third kappa shape index (κ3) is 6.46. The van der Waals surface area contributed by atoms with Gasteiger partial charge in [0.25, 0.3) is 0 Å². The molecule has 5 rings (SSSR count). The van der Waals surface area contributed by atoms with Crippen molar-refractivity contribution >= 4 is 17.9 Å². The number of hydrogen-bond donors (Lipinski definition) is 0. The van der Waals surface area contributed by atoms with Gasteiger partial charge in [-0.2, -0.15) is 10.5 Å². The Hall–Kier alpha value is -4.08. The average Bonchev–Trinajstić information content (AvgIpc) is 3.45. The van der Waals surface area contributed by atoms with Crippen LogP contribution in [0.25, 0.3) is 10.4 Å². The molecule has 1 aromatic rings. The second kappa shape index (κ2) is 14.6. The second-order valence-corrected chi connectivity index (χ2v) is 16.0. The molecule has 0 N–H and O–H groups in total. The van der Waals surface area contributed by atoms with Crippen molar-refractivity contribution in [3.8, 4) is 12.1 Å². The van der Waals surface area contributed by atoms with E-state index in [9.17, 15) is 24.9 Å². The maximum Gasteiger partial charge on any atom is 0.305 e. The molecule has 11 heteroatoms. The van der Waals surface area contributed by atoms with E-state index in [4.69, 9.17) is 19.7 Å². The van der Waals surface area contributed by atoms with Crippen molar-refractivity contribution in [2.24, 2.45) is 57.4 Å². The molecule has 4 saturated carbocycles. The van der Waals surface area contributed by atoms with Crippen molar-refractivity contribution in [3.63, 3.8) is 0 Å². The molecule has 11 atom stereocenters. The van der Waals surface area contributed by atoms with E-state index >= 15 is 0 Å². The summed E-state index contributed by atoms with van der Waals surface area (Å²) in [5, 5.41) is 24.3. The molecule has 4 aliphatic carbocycles. The zero-order chi connectivity index (χ0) is 36.4. The SMILES string of the molecule is COC(=O)CC[C@@H](C)[C@H]1CC[C@H]2[C@@H]3[C@H](OC(C)=O)C[C@@H]4C[C@@](c5ccc(CN=[N+]=[N-])cc5)(C(C#N)C#N)CC[C@]4(C)[C@H]3C[C@H](OC(C)=O)[C@]12C. The van der Waals surface area contributed by atoms with Gasteiger partial charge >= 0.3 is 17.9 Å². The fraction of sp³-hybridized carbons (Fsp3) is 0.718. The number of rotatable bonds is 10. The zero-order valence-corrected chi connectivity index (χ0v) is 30.3. The van der Waals surface area contributed by atoms with Gasteiger partial charge in [-0.1, -0.05) is 50.2 Å². The summed E-state index contributed by atoms with van der Waals surface area (Å²) in [7, 11) is 1.41. The third-order valence-corrected chi connectivity index (χ3v) is 13.9. The zero-order valence-electron chi connectivity index (χ0n) is 30.3. The number of nitrogens with zero attached hydrogens (tertiary/aromatic N) is 5. The van der Waals surface area contributed by atoms with Gasteiger partial charge in [-0.15, -0.1) is 0 Å². The highest BCUT2D eigenvalue weighted by Crippen LogP contribution is 2.71. The van der Waals surface area contributed by atoms with E-state index in [1.54, 1.807) is 0 Å². The molecule has 11 nitrogen and oxygen atoms in total. The van der Waals surface area contributed by atoms with Gasteiger partial charge in [-0.05, 0) is 103 Å². The minimum Gasteiger partial charge on any atom is -0.469 e. The highest BCUT2D eigenvalue weighted by molar-refractivity contribution is 5.69. The van der Waals surface area contributed by atoms with Crippen LogP contribution in [-0.4, -0.2) is 37.2 Å². The molecule has 1 aromatic carbocycles. The summed E-state index contributed by atoms with van der Waals surface area (Å²) in [5.41, 5.74) is 9.23. The standard InChI is InChI=1S/C39H51N5O6/c1-23(7-14-35(47)48-6)30-12-13-31-36-32(18-34(38(30,31)5)50-25(3)46)37(4)15-16-39(29(20-40)21-41,19-28(37)17-33(36)49-24(2)45)27-10-8-26(9-11-27)22-43-44-42/h8-11,23,28-34,36H,7,12-19,22H2,1-6H3/t23-,28-,30-,31+,32+,33-,34+,36+,37+,38-,39+/m1/s1. The van der Waals surface area contributed by atoms with Crippen LogP contribution in [0.5, 0.6) is 0 Å². The first-order valence-electron chi connectivity index (χ1n) is 18.1. The molecule has 0 unspecified atom stereocenters. The van der Waals surface area contributed by atoms with Crippen LogP contribution in [-0.2, 0) is 40.6 Å². The van der Waals surface area contributed by atoms with Gasteiger partial charge in [0.2, 0.25) is 0 Å². The summed E-state index contributed by atoms with van der Waals surface area (Å²) in [6, 6.07) is 12.4. The van der Waals surface area contributed by atoms with E-state index < -0.39 is 11.3 Å². The van der Waals surface area contributed by atoms with Crippen molar-refractivity contribution in [2.45, 2.75) is 117 Å². The lowest BCUT2D eigenvalue weighted by Crippen LogP contribution is -2.64. The fourth-order valence-corrected chi connectivity index (χ4v) is 11.5. The van der Waals surface area contributed by atoms with Gasteiger partial charge in [0.1, 0.15) is 18.1 Å². The van der Waals surface area contributed by atoms with E-state index in [0.29, 0.717) is 38.5 Å². The number of azide groups is 1. The maximum absolute atomic E-state index is 12.8. The molecule has 0 radical (unpaired) electrons. The van der Waals surface area contributed by atoms with Crippen LogP contribution in [0.15, 0.2) is 29.4 Å². The number of methoxy groups -OCH3 is 1. The maximum atomic E-state index is 12.8. The fourth-order valence-electron chi connectivity index (χ4n) is 11.5. The molecular weight excluding hydrogens is 634 g/mol. The Labute approximate surface area is 295 Å². The number of benzene rings is 1. The molecule has 4 fully saturated rings. The Morgan fingerprint density at radius 2 is 1.70 bits per heavy atom. The van der Waals surface area contributed by atoms with E-state index in [-0.39, 0.29) is 83.0 Å². The molecule has 0 saturated heterocycles. The molecule has 0 aliphatic heterocycles. The normalized spacial score (nSPS) is 36.2. The Balaban J connectivity index is 1.55. The van der Waals surface area contributed by atoms with Gasteiger partial charge < -0.3 is 14.2 Å². The molecule has 0 aromatic heterocycles. The topological polar surface area (TPSA) is 175 Å². The van der Waals surface area contributed by atoms with Crippen LogP contribution < -0.4 is 0 Å². The van der Waals surface area contributed by atoms with E-state index in [0.717, 1.165) is 30.4 Å². The first-order chi connectivity index (χ1) is 23.8. The number of nitriles is 2. The van der Waals surface area contributed by atoms with Crippen LogP contribution in [0.4, 0.5) is 0 Å². The minimum absolute atomic E-state index is 0.0347. The molecule has 0 spiro atoms. The molecule has 0 amide bonds. The number of fused-ring (bicyclic) bond motifs is 5. The Kier molecular flexibility index (Phi) is 10.9. The van der Waals surface area contributed by atoms with Gasteiger partial charge in [0.05, 0.1) is 25.8 Å². The summed E-state index contributed by atoms with van der Waals surface area (Å²) in [6.45, 7) is 9.92. The largest absolute Gasteiger partial charge is 0.469 e. The van der Waals surface area contributed by atoms with Crippen LogP contribution >= 0.6 is 0 Å². The van der Waals surface area contributed by atoms with Crippen molar-refractivity contribution in [1.29, 1.82) is 10.5 Å². The highest BCUT2D eigenvalue weighted by atomic mass is 16.5. The lowest BCUT2D eigenvalue weighted by molar-refractivity contribution is -0.223. The number of carbonyl (C=O) groups excluding carboxylic acids is 3. The Morgan fingerprint density at radius 3 is 2.30 bits per heavy atom. The smallest absolute Gasteiger partial charge is 0.305 e. The number of esters is 3. The van der Waals surface area contributed by atoms with Gasteiger partial charge in [-0.3, -0.25) is 14.4 Å². The molecule has 268 valence electrons. The summed E-state index contributed by atoms with van der Waals surface area (Å²) in [4.78, 5) is 40.4. The molecule has 50 heavy (non-hydrogen) atoms. The molecule has 0 heterocycles. The van der Waals surface area contributed by atoms with Crippen LogP contribution in [0.1, 0.15) is 104 Å². The van der Waals surface area contributed by atoms with Gasteiger partial charge in [0, 0.05) is 41.9 Å². The van der Waals surface area contributed by atoms with Crippen molar-refractivity contribution in [3.05, 3.63) is 45.8 Å². The van der Waals surface area contributed by atoms with Crippen molar-refractivity contribution in [2.75, 3.05) is 7.11 Å². The number of carbonyl (C=O) groups is 3. The average molecular weight is 686 g/mol. The lowest BCUT2D eigenvalue weighted by Gasteiger charge is -2.65. The van der Waals surface area contributed by atoms with Crippen LogP contribution in [0.3, 0.4) is 0 Å². The lowest BCUT2D eigenvalue weighted by atomic mass is 9.40. The summed E-state index contributed by atoms with van der Waals surface area (Å²) in [6.07, 6.45) is 5.42. The third-order valence-electron chi connectivity index (χ3n) is 13.9. The summed E-state index contributed by atoms with van der Waals surface area (Å²) in [5.74, 6) is -1.03. The number of ether oxygens (including phenoxy) is 3. The van der Waals surface area contributed by atoms with Crippen molar-refractivity contribution < 1.29 is 28.6 Å². The Morgan fingerprint density at radius 1 is 1.02 bits per heavy atom. The highest BCUT2D eigenvalue weighted by Gasteiger charge is 2.68. The minimum atomic E-state index is -0.884. The summed E-state index contributed by atoms with van der Waals surface area (Å²) < 4.78 is 17.5. The molecule has 0 bridgehead atoms. The van der Waals surface area contributed by atoms with E-state index in [1.165, 1.54) is 21.0 Å². The number of hydrogen-bond acceptors (Lipinski definition) is 9. The quantitative estimate of drug-likeness (QED) is 0.0790. The first kappa shape index (κ1) is 37.2. The van der Waals surface area contributed by atoms with E-state index in [1.807, 2.05) is 24.3 Å². The first-order valence-corrected chi connectivity index (χ1v) is 18.1. The van der Waals surface area contributed by atoms with Crippen molar-refractivity contribution in [1.82, 2.24) is 0 Å². The van der Waals surface area contributed by atoms with Crippen LogP contribution in [0, 0.1) is 74.9 Å². The summed E-state index contributed by atoms with van der Waals surface area (Å²) >= 11 is 0. The van der Waals surface area contributed by atoms with Crippen LogP contribution in [0.2, 0.25) is 0 Å². The van der Waals surface area contributed by atoms with E-state index in [2.05, 4.69) is 42.9 Å². The van der Waals surface area contributed by atoms with Gasteiger partial charge in [-0.25, -0.2) is 0 Å². The molecular formula is C39H51N5O6. The molecule has 4 aliphatic rings. The predicted molar refractivity (Wildman–Crippen MR) is 183 cm³/mol. The van der Waals surface area contributed by atoms with Gasteiger partial charge in [0.15, 0.2) is 0 Å². The second-order valence-electron chi connectivity index (χ2n) is 16.0. The Bertz CT molecular complexity index is 1580. The monoisotopic (exact) mass is 685 g/mol. The predicted octanol–water partition coefficient (Wildman–Crippen LogP) is 7.73.